The summed E-state index contributed by atoms with van der Waals surface area (Å²) < 4.78 is 0. The van der Waals surface area contributed by atoms with Crippen molar-refractivity contribution in [2.75, 3.05) is 18.0 Å². The summed E-state index contributed by atoms with van der Waals surface area (Å²) in [5.74, 6) is 0.219. The topological polar surface area (TPSA) is 66.0 Å². The normalized spacial score (nSPS) is 16.4. The van der Waals surface area contributed by atoms with Gasteiger partial charge in [-0.15, -0.1) is 11.3 Å². The molecule has 0 spiro atoms. The van der Waals surface area contributed by atoms with Crippen LogP contribution in [-0.2, 0) is 6.42 Å². The molecule has 1 aromatic heterocycles. The Balaban J connectivity index is 2.12. The summed E-state index contributed by atoms with van der Waals surface area (Å²) in [4.78, 5) is 8.06. The van der Waals surface area contributed by atoms with Crippen molar-refractivity contribution < 1.29 is 0 Å². The molecule has 5 heteroatoms. The van der Waals surface area contributed by atoms with E-state index in [1.807, 2.05) is 6.92 Å². The van der Waals surface area contributed by atoms with Crippen molar-refractivity contribution in [2.45, 2.75) is 32.6 Å². The van der Waals surface area contributed by atoms with E-state index < -0.39 is 0 Å². The van der Waals surface area contributed by atoms with Gasteiger partial charge in [0.25, 0.3) is 0 Å². The zero-order valence-electron chi connectivity index (χ0n) is 9.62. The van der Waals surface area contributed by atoms with Crippen LogP contribution in [0.3, 0.4) is 0 Å². The Labute approximate surface area is 100.0 Å². The molecule has 4 nitrogen and oxygen atoms in total. The van der Waals surface area contributed by atoms with Crippen LogP contribution < -0.4 is 10.6 Å². The Morgan fingerprint density at radius 2 is 2.12 bits per heavy atom. The molecule has 0 aliphatic carbocycles. The number of hydrogen-bond acceptors (Lipinski definition) is 4. The minimum absolute atomic E-state index is 0.219. The van der Waals surface area contributed by atoms with Crippen molar-refractivity contribution in [3.63, 3.8) is 0 Å². The highest BCUT2D eigenvalue weighted by atomic mass is 32.1. The first-order valence-electron chi connectivity index (χ1n) is 5.71. The van der Waals surface area contributed by atoms with Gasteiger partial charge in [0.15, 0.2) is 5.13 Å². The Hall–Kier alpha value is -1.10. The van der Waals surface area contributed by atoms with E-state index in [0.29, 0.717) is 6.42 Å². The van der Waals surface area contributed by atoms with E-state index >= 15 is 0 Å². The maximum atomic E-state index is 7.33. The Bertz CT molecular complexity index is 379. The quantitative estimate of drug-likeness (QED) is 0.624. The highest BCUT2D eigenvalue weighted by Crippen LogP contribution is 2.28. The number of amidine groups is 1. The molecule has 0 aromatic carbocycles. The molecule has 2 heterocycles. The Morgan fingerprint density at radius 3 is 2.75 bits per heavy atom. The number of aromatic nitrogens is 1. The van der Waals surface area contributed by atoms with E-state index in [1.54, 1.807) is 11.3 Å². The maximum absolute atomic E-state index is 7.33. The average molecular weight is 238 g/mol. The van der Waals surface area contributed by atoms with Gasteiger partial charge in [0, 0.05) is 24.4 Å². The third kappa shape index (κ3) is 2.52. The van der Waals surface area contributed by atoms with E-state index in [1.165, 1.54) is 19.3 Å². The van der Waals surface area contributed by atoms with Gasteiger partial charge < -0.3 is 10.6 Å². The van der Waals surface area contributed by atoms with Crippen molar-refractivity contribution in [3.8, 4) is 0 Å². The molecule has 0 unspecified atom stereocenters. The van der Waals surface area contributed by atoms with Crippen LogP contribution in [-0.4, -0.2) is 23.9 Å². The predicted molar refractivity (Wildman–Crippen MR) is 68.5 cm³/mol. The van der Waals surface area contributed by atoms with Crippen LogP contribution in [0.4, 0.5) is 5.13 Å². The third-order valence-electron chi connectivity index (χ3n) is 2.86. The number of thiazole rings is 1. The van der Waals surface area contributed by atoms with Gasteiger partial charge in [0.1, 0.15) is 0 Å². The van der Waals surface area contributed by atoms with Gasteiger partial charge in [-0.3, -0.25) is 5.41 Å². The SMILES string of the molecule is Cc1nc(N2CCCCC2)sc1CC(=N)N. The monoisotopic (exact) mass is 238 g/mol. The highest BCUT2D eigenvalue weighted by Gasteiger charge is 2.16. The molecule has 1 saturated heterocycles. The molecule has 16 heavy (non-hydrogen) atoms. The largest absolute Gasteiger partial charge is 0.387 e. The standard InChI is InChI=1S/C11H18N4S/c1-8-9(7-10(12)13)16-11(14-8)15-5-3-2-4-6-15/h2-7H2,1H3,(H3,12,13). The highest BCUT2D eigenvalue weighted by molar-refractivity contribution is 7.15. The average Bonchev–Trinajstić information content (AvgIpc) is 2.61. The summed E-state index contributed by atoms with van der Waals surface area (Å²) in [6.45, 7) is 4.24. The molecule has 0 radical (unpaired) electrons. The van der Waals surface area contributed by atoms with Gasteiger partial charge >= 0.3 is 0 Å². The smallest absolute Gasteiger partial charge is 0.185 e. The number of piperidine rings is 1. The lowest BCUT2D eigenvalue weighted by Crippen LogP contribution is -2.29. The third-order valence-corrected chi connectivity index (χ3v) is 4.08. The maximum Gasteiger partial charge on any atom is 0.185 e. The Morgan fingerprint density at radius 1 is 1.44 bits per heavy atom. The molecule has 1 aliphatic heterocycles. The molecule has 0 bridgehead atoms. The number of nitrogens with one attached hydrogen (secondary N) is 1. The number of anilines is 1. The first-order chi connectivity index (χ1) is 7.66. The number of nitrogens with zero attached hydrogens (tertiary/aromatic N) is 2. The molecule has 1 aliphatic rings. The van der Waals surface area contributed by atoms with Crippen LogP contribution in [0.1, 0.15) is 29.8 Å². The molecule has 88 valence electrons. The van der Waals surface area contributed by atoms with Gasteiger partial charge in [-0.05, 0) is 26.2 Å². The van der Waals surface area contributed by atoms with E-state index in [-0.39, 0.29) is 5.84 Å². The van der Waals surface area contributed by atoms with Crippen molar-refractivity contribution in [1.29, 1.82) is 5.41 Å². The molecule has 3 N–H and O–H groups in total. The number of aryl methyl sites for hydroxylation is 1. The minimum atomic E-state index is 0.219. The van der Waals surface area contributed by atoms with Crippen molar-refractivity contribution >= 4 is 22.3 Å². The lowest BCUT2D eigenvalue weighted by molar-refractivity contribution is 0.576. The molecule has 1 fully saturated rings. The fourth-order valence-electron chi connectivity index (χ4n) is 1.97. The predicted octanol–water partition coefficient (Wildman–Crippen LogP) is 1.92. The van der Waals surface area contributed by atoms with Crippen LogP contribution in [0.15, 0.2) is 0 Å². The molecule has 0 amide bonds. The molecule has 0 saturated carbocycles. The summed E-state index contributed by atoms with van der Waals surface area (Å²) >= 11 is 1.69. The van der Waals surface area contributed by atoms with Crippen LogP contribution in [0.25, 0.3) is 0 Å². The van der Waals surface area contributed by atoms with Crippen molar-refractivity contribution in [1.82, 2.24) is 4.98 Å². The number of hydrogen-bond donors (Lipinski definition) is 2. The summed E-state index contributed by atoms with van der Waals surface area (Å²) in [5.41, 5.74) is 6.46. The first-order valence-corrected chi connectivity index (χ1v) is 6.52. The van der Waals surface area contributed by atoms with Gasteiger partial charge in [-0.2, -0.15) is 0 Å². The zero-order chi connectivity index (χ0) is 11.5. The first kappa shape index (κ1) is 11.4. The fourth-order valence-corrected chi connectivity index (χ4v) is 3.11. The van der Waals surface area contributed by atoms with Crippen LogP contribution in [0.2, 0.25) is 0 Å². The van der Waals surface area contributed by atoms with Crippen molar-refractivity contribution in [3.05, 3.63) is 10.6 Å². The lowest BCUT2D eigenvalue weighted by Gasteiger charge is -2.25. The number of rotatable bonds is 3. The fraction of sp³-hybridized carbons (Fsp3) is 0.636. The molecule has 2 rings (SSSR count). The minimum Gasteiger partial charge on any atom is -0.387 e. The summed E-state index contributed by atoms with van der Waals surface area (Å²) in [6, 6.07) is 0. The zero-order valence-corrected chi connectivity index (χ0v) is 10.4. The van der Waals surface area contributed by atoms with Gasteiger partial charge in [0.2, 0.25) is 0 Å². The van der Waals surface area contributed by atoms with E-state index in [4.69, 9.17) is 11.1 Å². The Kier molecular flexibility index (Phi) is 3.43. The van der Waals surface area contributed by atoms with Gasteiger partial charge in [-0.1, -0.05) is 0 Å². The second-order valence-corrected chi connectivity index (χ2v) is 5.32. The number of nitrogens with two attached hydrogens (primary N) is 1. The molecular weight excluding hydrogens is 220 g/mol. The van der Waals surface area contributed by atoms with Gasteiger partial charge in [0.05, 0.1) is 11.5 Å². The van der Waals surface area contributed by atoms with Crippen LogP contribution in [0.5, 0.6) is 0 Å². The second kappa shape index (κ2) is 4.82. The summed E-state index contributed by atoms with van der Waals surface area (Å²) in [5, 5.41) is 8.43. The second-order valence-electron chi connectivity index (χ2n) is 4.25. The van der Waals surface area contributed by atoms with E-state index in [2.05, 4.69) is 9.88 Å². The van der Waals surface area contributed by atoms with Gasteiger partial charge in [-0.25, -0.2) is 4.98 Å². The molecule has 0 atom stereocenters. The molecular formula is C11H18N4S. The lowest BCUT2D eigenvalue weighted by atomic mass is 10.1. The van der Waals surface area contributed by atoms with E-state index in [0.717, 1.165) is 28.8 Å². The van der Waals surface area contributed by atoms with Crippen molar-refractivity contribution in [2.24, 2.45) is 5.73 Å². The summed E-state index contributed by atoms with van der Waals surface area (Å²) in [6.07, 6.45) is 4.40. The van der Waals surface area contributed by atoms with E-state index in [9.17, 15) is 0 Å². The van der Waals surface area contributed by atoms with Crippen LogP contribution in [0, 0.1) is 12.3 Å². The molecule has 1 aromatic rings. The van der Waals surface area contributed by atoms with Crippen LogP contribution >= 0.6 is 11.3 Å². The summed E-state index contributed by atoms with van der Waals surface area (Å²) in [7, 11) is 0.